The quantitative estimate of drug-likeness (QED) is 0.417. The maximum Gasteiger partial charge on any atom is 0.419 e. The lowest BCUT2D eigenvalue weighted by Crippen LogP contribution is -2.40. The van der Waals surface area contributed by atoms with Crippen LogP contribution in [-0.2, 0) is 21.0 Å². The molecule has 0 aromatic heterocycles. The first kappa shape index (κ1) is 24.7. The molecule has 1 N–H and O–H groups in total. The summed E-state index contributed by atoms with van der Waals surface area (Å²) in [6, 6.07) is 2.80. The molecule has 2 saturated heterocycles. The Balaban J connectivity index is 1.61. The van der Waals surface area contributed by atoms with Gasteiger partial charge in [-0.15, -0.1) is 0 Å². The van der Waals surface area contributed by atoms with Crippen LogP contribution in [0.5, 0.6) is 5.75 Å². The summed E-state index contributed by atoms with van der Waals surface area (Å²) in [5, 5.41) is 1.07. The predicted octanol–water partition coefficient (Wildman–Crippen LogP) is 4.83. The van der Waals surface area contributed by atoms with E-state index in [9.17, 15) is 26.4 Å². The highest BCUT2D eigenvalue weighted by Gasteiger charge is 2.59. The van der Waals surface area contributed by atoms with E-state index in [0.717, 1.165) is 31.0 Å². The number of carbonyl (C=O) groups is 1. The van der Waals surface area contributed by atoms with Gasteiger partial charge in [0, 0.05) is 10.5 Å². The van der Waals surface area contributed by atoms with E-state index in [1.807, 2.05) is 25.6 Å². The van der Waals surface area contributed by atoms with Gasteiger partial charge in [0.05, 0.1) is 11.1 Å². The average molecular weight is 509 g/mol. The van der Waals surface area contributed by atoms with Gasteiger partial charge in [-0.05, 0) is 61.6 Å². The molecule has 0 spiro atoms. The van der Waals surface area contributed by atoms with E-state index >= 15 is 0 Å². The second-order valence-corrected chi connectivity index (χ2v) is 12.5. The summed E-state index contributed by atoms with van der Waals surface area (Å²) in [4.78, 5) is 12.3. The third kappa shape index (κ3) is 5.00. The van der Waals surface area contributed by atoms with Gasteiger partial charge in [-0.3, -0.25) is 4.55 Å². The lowest BCUT2D eigenvalue weighted by atomic mass is 9.82. The van der Waals surface area contributed by atoms with Crippen LogP contribution in [0.2, 0.25) is 0 Å². The van der Waals surface area contributed by atoms with Crippen molar-refractivity contribution >= 4 is 27.8 Å². The third-order valence-corrected chi connectivity index (χ3v) is 9.77. The summed E-state index contributed by atoms with van der Waals surface area (Å²) in [7, 11) is -4.33. The van der Waals surface area contributed by atoms with Crippen LogP contribution in [0.25, 0.3) is 0 Å². The molecule has 1 saturated carbocycles. The maximum atomic E-state index is 13.8. The highest BCUT2D eigenvalue weighted by Crippen LogP contribution is 2.63. The molecule has 33 heavy (non-hydrogen) atoms. The zero-order valence-corrected chi connectivity index (χ0v) is 19.9. The van der Waals surface area contributed by atoms with Crippen LogP contribution >= 0.6 is 11.8 Å². The molecule has 0 radical (unpaired) electrons. The van der Waals surface area contributed by atoms with Gasteiger partial charge in [0.1, 0.15) is 23.7 Å². The minimum atomic E-state index is -4.68. The van der Waals surface area contributed by atoms with Gasteiger partial charge < -0.3 is 9.47 Å². The van der Waals surface area contributed by atoms with Gasteiger partial charge in [0.25, 0.3) is 10.1 Å². The summed E-state index contributed by atoms with van der Waals surface area (Å²) >= 11 is 2.01. The van der Waals surface area contributed by atoms with Crippen molar-refractivity contribution in [2.75, 3.05) is 12.4 Å². The van der Waals surface area contributed by atoms with Crippen molar-refractivity contribution in [2.24, 2.45) is 17.8 Å². The van der Waals surface area contributed by atoms with Crippen molar-refractivity contribution in [3.8, 4) is 5.75 Å². The van der Waals surface area contributed by atoms with E-state index in [0.29, 0.717) is 35.2 Å². The molecule has 0 amide bonds. The zero-order chi connectivity index (χ0) is 24.2. The summed E-state index contributed by atoms with van der Waals surface area (Å²) in [6.45, 7) is 3.29. The van der Waals surface area contributed by atoms with E-state index in [1.54, 1.807) is 0 Å². The molecule has 3 aliphatic rings. The van der Waals surface area contributed by atoms with Crippen LogP contribution in [0.15, 0.2) is 18.2 Å². The molecule has 4 atom stereocenters. The minimum Gasteiger partial charge on any atom is -0.486 e. The van der Waals surface area contributed by atoms with Gasteiger partial charge >= 0.3 is 12.1 Å². The Bertz CT molecular complexity index is 1010. The smallest absolute Gasteiger partial charge is 0.419 e. The Morgan fingerprint density at radius 1 is 1.21 bits per heavy atom. The summed E-state index contributed by atoms with van der Waals surface area (Å²) in [6.07, 6.45) is -1.02. The molecule has 1 aromatic rings. The van der Waals surface area contributed by atoms with Crippen LogP contribution in [-0.4, -0.2) is 47.4 Å². The van der Waals surface area contributed by atoms with Crippen molar-refractivity contribution in [3.05, 3.63) is 29.3 Å². The molecule has 4 rings (SSSR count). The molecule has 2 heterocycles. The topological polar surface area (TPSA) is 89.9 Å². The second-order valence-electron chi connectivity index (χ2n) is 9.48. The van der Waals surface area contributed by atoms with Gasteiger partial charge in [-0.2, -0.15) is 33.4 Å². The van der Waals surface area contributed by atoms with Crippen molar-refractivity contribution < 1.29 is 40.4 Å². The second kappa shape index (κ2) is 8.64. The van der Waals surface area contributed by atoms with E-state index in [2.05, 4.69) is 0 Å². The van der Waals surface area contributed by atoms with Crippen molar-refractivity contribution in [2.45, 2.75) is 61.8 Å². The van der Waals surface area contributed by atoms with Crippen LogP contribution in [0, 0.1) is 17.8 Å². The zero-order valence-electron chi connectivity index (χ0n) is 18.3. The highest BCUT2D eigenvalue weighted by molar-refractivity contribution is 8.01. The first-order chi connectivity index (χ1) is 15.3. The largest absolute Gasteiger partial charge is 0.486 e. The van der Waals surface area contributed by atoms with E-state index in [4.69, 9.17) is 14.0 Å². The molecular weight excluding hydrogens is 481 g/mol. The Kier molecular flexibility index (Phi) is 6.46. The number of halogens is 3. The summed E-state index contributed by atoms with van der Waals surface area (Å²) < 4.78 is 82.7. The van der Waals surface area contributed by atoms with Crippen LogP contribution in [0.3, 0.4) is 0 Å². The number of hydrogen-bond acceptors (Lipinski definition) is 6. The van der Waals surface area contributed by atoms with Crippen LogP contribution < -0.4 is 4.74 Å². The predicted molar refractivity (Wildman–Crippen MR) is 117 cm³/mol. The van der Waals surface area contributed by atoms with Crippen molar-refractivity contribution in [1.82, 2.24) is 0 Å². The lowest BCUT2D eigenvalue weighted by Gasteiger charge is -2.36. The number of alkyl halides is 3. The number of ether oxygens (including phenoxy) is 2. The number of carbonyl (C=O) groups excluding carboxylic acids is 1. The fourth-order valence-corrected chi connectivity index (χ4v) is 7.79. The Morgan fingerprint density at radius 2 is 1.82 bits per heavy atom. The van der Waals surface area contributed by atoms with E-state index in [1.165, 1.54) is 0 Å². The molecule has 2 bridgehead atoms. The van der Waals surface area contributed by atoms with Gasteiger partial charge in [0.15, 0.2) is 0 Å². The monoisotopic (exact) mass is 508 g/mol. The molecule has 2 aliphatic heterocycles. The Morgan fingerprint density at radius 3 is 2.33 bits per heavy atom. The number of fused-ring (bicyclic) bond motifs is 5. The SMILES string of the molecule is CC(C)C1(Oc2cc(C(=O)OCCS(=O)(=O)O)ccc2C(F)(F)F)CC2C3CCC(S3)C2C1. The normalized spacial score (nSPS) is 31.1. The van der Waals surface area contributed by atoms with Crippen molar-refractivity contribution in [1.29, 1.82) is 0 Å². The van der Waals surface area contributed by atoms with Crippen LogP contribution in [0.1, 0.15) is 55.5 Å². The third-order valence-electron chi connectivity index (χ3n) is 7.22. The van der Waals surface area contributed by atoms with Crippen molar-refractivity contribution in [3.63, 3.8) is 0 Å². The molecule has 4 unspecified atom stereocenters. The molecule has 3 fully saturated rings. The fourth-order valence-electron chi connectivity index (χ4n) is 5.50. The summed E-state index contributed by atoms with van der Waals surface area (Å²) in [5.74, 6) is -1.38. The number of benzene rings is 1. The standard InChI is InChI=1S/C22H27F3O6S2/c1-12(2)21(10-14-15(11-21)19-6-5-18(14)32-19)31-17-9-13(3-4-16(17)22(23,24)25)20(26)30-7-8-33(27,28)29/h3-4,9,12,14-15,18-19H,5-8,10-11H2,1-2H3,(H,27,28,29). The molecule has 1 aliphatic carbocycles. The number of esters is 1. The maximum absolute atomic E-state index is 13.8. The Hall–Kier alpha value is -1.46. The average Bonchev–Trinajstić information content (AvgIpc) is 3.38. The minimum absolute atomic E-state index is 0.0287. The summed E-state index contributed by atoms with van der Waals surface area (Å²) in [5.41, 5.74) is -1.91. The van der Waals surface area contributed by atoms with Gasteiger partial charge in [-0.1, -0.05) is 13.8 Å². The molecule has 184 valence electrons. The van der Waals surface area contributed by atoms with E-state index in [-0.39, 0.29) is 11.5 Å². The number of rotatable bonds is 7. The Labute approximate surface area is 195 Å². The molecule has 11 heteroatoms. The van der Waals surface area contributed by atoms with E-state index < -0.39 is 51.5 Å². The first-order valence-electron chi connectivity index (χ1n) is 11.0. The molecule has 6 nitrogen and oxygen atoms in total. The molecule has 1 aromatic carbocycles. The van der Waals surface area contributed by atoms with Gasteiger partial charge in [0.2, 0.25) is 0 Å². The van der Waals surface area contributed by atoms with Gasteiger partial charge in [-0.25, -0.2) is 4.79 Å². The lowest BCUT2D eigenvalue weighted by molar-refractivity contribution is -0.140. The first-order valence-corrected chi connectivity index (χ1v) is 13.5. The highest BCUT2D eigenvalue weighted by atomic mass is 32.2. The number of hydrogen-bond donors (Lipinski definition) is 1. The fraction of sp³-hybridized carbons (Fsp3) is 0.682. The molecular formula is C22H27F3O6S2. The van der Waals surface area contributed by atoms with Crippen LogP contribution in [0.4, 0.5) is 13.2 Å². The number of thioether (sulfide) groups is 1.